The van der Waals surface area contributed by atoms with Crippen LogP contribution in [0.1, 0.15) is 18.4 Å². The Morgan fingerprint density at radius 2 is 1.68 bits per heavy atom. The Labute approximate surface area is 186 Å². The first-order valence-electron chi connectivity index (χ1n) is 11.4. The number of likely N-dealkylation sites (tertiary alicyclic amines) is 1. The van der Waals surface area contributed by atoms with E-state index in [0.29, 0.717) is 6.04 Å². The highest BCUT2D eigenvalue weighted by Gasteiger charge is 2.27. The smallest absolute Gasteiger partial charge is 0.126 e. The van der Waals surface area contributed by atoms with Crippen molar-refractivity contribution in [3.63, 3.8) is 0 Å². The SMILES string of the molecule is COc1ccc(N2CCN(C3CCCN(CC=Cc4ccccc4OC)C3)CC2)cc1. The number of nitrogens with zero attached hydrogens (tertiary/aromatic N) is 3. The average Bonchev–Trinajstić information content (AvgIpc) is 2.85. The summed E-state index contributed by atoms with van der Waals surface area (Å²) in [7, 11) is 3.45. The Kier molecular flexibility index (Phi) is 7.49. The van der Waals surface area contributed by atoms with Crippen LogP contribution in [0.4, 0.5) is 5.69 Å². The maximum Gasteiger partial charge on any atom is 0.126 e. The summed E-state index contributed by atoms with van der Waals surface area (Å²) in [6.07, 6.45) is 7.07. The van der Waals surface area contributed by atoms with Gasteiger partial charge in [-0.15, -0.1) is 0 Å². The first-order chi connectivity index (χ1) is 15.3. The van der Waals surface area contributed by atoms with E-state index in [1.807, 2.05) is 12.1 Å². The number of ether oxygens (including phenoxy) is 2. The molecule has 2 aliphatic rings. The minimum atomic E-state index is 0.673. The van der Waals surface area contributed by atoms with E-state index in [1.165, 1.54) is 31.6 Å². The highest BCUT2D eigenvalue weighted by molar-refractivity contribution is 5.57. The monoisotopic (exact) mass is 421 g/mol. The van der Waals surface area contributed by atoms with Gasteiger partial charge in [-0.25, -0.2) is 0 Å². The summed E-state index contributed by atoms with van der Waals surface area (Å²) in [5.41, 5.74) is 2.44. The van der Waals surface area contributed by atoms with Crippen molar-refractivity contribution in [2.75, 3.05) is 64.9 Å². The lowest BCUT2D eigenvalue weighted by atomic mass is 10.0. The number of methoxy groups -OCH3 is 2. The van der Waals surface area contributed by atoms with E-state index in [9.17, 15) is 0 Å². The number of benzene rings is 2. The first kappa shape index (κ1) is 21.7. The van der Waals surface area contributed by atoms with Crippen molar-refractivity contribution in [1.29, 1.82) is 0 Å². The van der Waals surface area contributed by atoms with Crippen LogP contribution in [0.25, 0.3) is 6.08 Å². The maximum absolute atomic E-state index is 5.45. The molecule has 2 aliphatic heterocycles. The molecule has 0 N–H and O–H groups in total. The zero-order valence-electron chi connectivity index (χ0n) is 18.9. The Morgan fingerprint density at radius 3 is 2.42 bits per heavy atom. The number of hydrogen-bond acceptors (Lipinski definition) is 5. The Hall–Kier alpha value is -2.50. The van der Waals surface area contributed by atoms with Crippen LogP contribution >= 0.6 is 0 Å². The normalized spacial score (nSPS) is 20.8. The Morgan fingerprint density at radius 1 is 0.903 bits per heavy atom. The molecule has 2 heterocycles. The van der Waals surface area contributed by atoms with Gasteiger partial charge in [-0.05, 0) is 49.7 Å². The standard InChI is InChI=1S/C26H35N3O2/c1-30-25-13-11-23(12-14-25)28-17-19-29(20-18-28)24-9-6-16-27(21-24)15-5-8-22-7-3-4-10-26(22)31-2/h3-5,7-8,10-14,24H,6,9,15-21H2,1-2H3. The molecule has 2 saturated heterocycles. The van der Waals surface area contributed by atoms with Crippen LogP contribution in [-0.2, 0) is 0 Å². The summed E-state index contributed by atoms with van der Waals surface area (Å²) in [6, 6.07) is 17.3. The molecule has 0 radical (unpaired) electrons. The quantitative estimate of drug-likeness (QED) is 0.674. The van der Waals surface area contributed by atoms with Gasteiger partial charge in [0.15, 0.2) is 0 Å². The second-order valence-electron chi connectivity index (χ2n) is 8.42. The van der Waals surface area contributed by atoms with Crippen LogP contribution < -0.4 is 14.4 Å². The summed E-state index contributed by atoms with van der Waals surface area (Å²) < 4.78 is 10.7. The van der Waals surface area contributed by atoms with Crippen molar-refractivity contribution in [2.24, 2.45) is 0 Å². The van der Waals surface area contributed by atoms with Gasteiger partial charge in [-0.1, -0.05) is 30.4 Å². The molecular weight excluding hydrogens is 386 g/mol. The number of piperazine rings is 1. The molecule has 4 rings (SSSR count). The average molecular weight is 422 g/mol. The predicted octanol–water partition coefficient (Wildman–Crippen LogP) is 4.00. The lowest BCUT2D eigenvalue weighted by Crippen LogP contribution is -2.55. The van der Waals surface area contributed by atoms with Gasteiger partial charge in [-0.2, -0.15) is 0 Å². The minimum absolute atomic E-state index is 0.673. The van der Waals surface area contributed by atoms with Crippen molar-refractivity contribution in [3.8, 4) is 11.5 Å². The van der Waals surface area contributed by atoms with Crippen LogP contribution in [0, 0.1) is 0 Å². The van der Waals surface area contributed by atoms with Crippen LogP contribution in [0.3, 0.4) is 0 Å². The third kappa shape index (κ3) is 5.60. The number of anilines is 1. The van der Waals surface area contributed by atoms with Crippen molar-refractivity contribution in [3.05, 3.63) is 60.2 Å². The Balaban J connectivity index is 1.26. The van der Waals surface area contributed by atoms with Gasteiger partial charge in [0.2, 0.25) is 0 Å². The highest BCUT2D eigenvalue weighted by Crippen LogP contribution is 2.23. The second kappa shape index (κ2) is 10.7. The molecule has 5 heteroatoms. The fourth-order valence-electron chi connectivity index (χ4n) is 4.77. The third-order valence-electron chi connectivity index (χ3n) is 6.55. The third-order valence-corrected chi connectivity index (χ3v) is 6.55. The molecule has 0 amide bonds. The second-order valence-corrected chi connectivity index (χ2v) is 8.42. The van der Waals surface area contributed by atoms with Gasteiger partial charge < -0.3 is 14.4 Å². The van der Waals surface area contributed by atoms with Crippen LogP contribution in [0.15, 0.2) is 54.6 Å². The number of hydrogen-bond donors (Lipinski definition) is 0. The number of rotatable bonds is 7. The van der Waals surface area contributed by atoms with Crippen molar-refractivity contribution >= 4 is 11.8 Å². The topological polar surface area (TPSA) is 28.2 Å². The van der Waals surface area contributed by atoms with Crippen molar-refractivity contribution in [2.45, 2.75) is 18.9 Å². The zero-order chi connectivity index (χ0) is 21.5. The van der Waals surface area contributed by atoms with Gasteiger partial charge in [0.1, 0.15) is 11.5 Å². The molecule has 0 bridgehead atoms. The predicted molar refractivity (Wildman–Crippen MR) is 128 cm³/mol. The fraction of sp³-hybridized carbons (Fsp3) is 0.462. The summed E-state index contributed by atoms with van der Waals surface area (Å²) in [5.74, 6) is 1.86. The molecule has 0 spiro atoms. The van der Waals surface area contributed by atoms with Crippen molar-refractivity contribution in [1.82, 2.24) is 9.80 Å². The van der Waals surface area contributed by atoms with Crippen LogP contribution in [-0.4, -0.2) is 75.9 Å². The van der Waals surface area contributed by atoms with E-state index in [1.54, 1.807) is 14.2 Å². The summed E-state index contributed by atoms with van der Waals surface area (Å²) in [6.45, 7) is 7.83. The zero-order valence-corrected chi connectivity index (χ0v) is 18.9. The van der Waals surface area contributed by atoms with E-state index in [2.05, 4.69) is 63.2 Å². The van der Waals surface area contributed by atoms with E-state index >= 15 is 0 Å². The van der Waals surface area contributed by atoms with Gasteiger partial charge in [0, 0.05) is 56.6 Å². The molecule has 0 aromatic heterocycles. The summed E-state index contributed by atoms with van der Waals surface area (Å²) in [4.78, 5) is 7.79. The molecule has 0 saturated carbocycles. The van der Waals surface area contributed by atoms with Crippen LogP contribution in [0.5, 0.6) is 11.5 Å². The number of piperidine rings is 1. The van der Waals surface area contributed by atoms with Gasteiger partial charge in [0.05, 0.1) is 14.2 Å². The van der Waals surface area contributed by atoms with E-state index in [-0.39, 0.29) is 0 Å². The van der Waals surface area contributed by atoms with Gasteiger partial charge >= 0.3 is 0 Å². The number of para-hydroxylation sites is 1. The molecule has 2 aromatic carbocycles. The summed E-state index contributed by atoms with van der Waals surface area (Å²) >= 11 is 0. The first-order valence-corrected chi connectivity index (χ1v) is 11.4. The van der Waals surface area contributed by atoms with Gasteiger partial charge in [0.25, 0.3) is 0 Å². The largest absolute Gasteiger partial charge is 0.497 e. The Bertz CT molecular complexity index is 844. The molecule has 166 valence electrons. The molecule has 31 heavy (non-hydrogen) atoms. The molecule has 0 aliphatic carbocycles. The molecule has 2 aromatic rings. The molecule has 2 fully saturated rings. The molecule has 1 unspecified atom stereocenters. The van der Waals surface area contributed by atoms with Crippen molar-refractivity contribution < 1.29 is 9.47 Å². The van der Waals surface area contributed by atoms with E-state index in [0.717, 1.165) is 49.8 Å². The van der Waals surface area contributed by atoms with Crippen LogP contribution in [0.2, 0.25) is 0 Å². The fourth-order valence-corrected chi connectivity index (χ4v) is 4.77. The van der Waals surface area contributed by atoms with Gasteiger partial charge in [-0.3, -0.25) is 9.80 Å². The maximum atomic E-state index is 5.45. The lowest BCUT2D eigenvalue weighted by Gasteiger charge is -2.43. The minimum Gasteiger partial charge on any atom is -0.497 e. The molecule has 1 atom stereocenters. The van der Waals surface area contributed by atoms with E-state index in [4.69, 9.17) is 9.47 Å². The lowest BCUT2D eigenvalue weighted by molar-refractivity contribution is 0.0991. The molecule has 5 nitrogen and oxygen atoms in total. The summed E-state index contributed by atoms with van der Waals surface area (Å²) in [5, 5.41) is 0. The highest BCUT2D eigenvalue weighted by atomic mass is 16.5. The van der Waals surface area contributed by atoms with E-state index < -0.39 is 0 Å². The molecular formula is C26H35N3O2.